The second kappa shape index (κ2) is 8.82. The van der Waals surface area contributed by atoms with Crippen molar-refractivity contribution in [2.45, 2.75) is 19.4 Å². The van der Waals surface area contributed by atoms with Gasteiger partial charge >= 0.3 is 0 Å². The highest BCUT2D eigenvalue weighted by Crippen LogP contribution is 2.29. The molecule has 0 bridgehead atoms. The van der Waals surface area contributed by atoms with Crippen LogP contribution in [0.1, 0.15) is 28.8 Å². The Kier molecular flexibility index (Phi) is 6.00. The molecule has 0 spiro atoms. The topological polar surface area (TPSA) is 42.0 Å². The molecule has 2 aliphatic heterocycles. The Morgan fingerprint density at radius 2 is 1.79 bits per heavy atom. The van der Waals surface area contributed by atoms with Gasteiger partial charge < -0.3 is 14.4 Å². The second-order valence-electron chi connectivity index (χ2n) is 7.80. The number of rotatable bonds is 7. The van der Waals surface area contributed by atoms with E-state index in [1.54, 1.807) is 19.2 Å². The standard InChI is InChI=1S/C23H27FN2O3/c1-28-21-6-7-22-18(14-21)16-26(23(22)27)15-17-8-10-25(11-9-17)12-13-29-20-4-2-19(24)3-5-20/h2-7,14,17H,8-13,15-16H2,1H3. The van der Waals surface area contributed by atoms with Gasteiger partial charge in [0.2, 0.25) is 0 Å². The summed E-state index contributed by atoms with van der Waals surface area (Å²) in [6, 6.07) is 11.8. The minimum absolute atomic E-state index is 0.137. The van der Waals surface area contributed by atoms with Crippen LogP contribution in [0.5, 0.6) is 11.5 Å². The Bertz CT molecular complexity index is 848. The third kappa shape index (κ3) is 4.70. The number of nitrogens with zero attached hydrogens (tertiary/aromatic N) is 2. The summed E-state index contributed by atoms with van der Waals surface area (Å²) in [5, 5.41) is 0. The summed E-state index contributed by atoms with van der Waals surface area (Å²) >= 11 is 0. The van der Waals surface area contributed by atoms with Crippen molar-refractivity contribution in [3.63, 3.8) is 0 Å². The lowest BCUT2D eigenvalue weighted by Crippen LogP contribution is -2.40. The number of ether oxygens (including phenoxy) is 2. The number of methoxy groups -OCH3 is 1. The maximum atomic E-state index is 12.9. The van der Waals surface area contributed by atoms with Crippen molar-refractivity contribution < 1.29 is 18.7 Å². The first-order valence-electron chi connectivity index (χ1n) is 10.2. The van der Waals surface area contributed by atoms with E-state index in [0.717, 1.165) is 55.9 Å². The second-order valence-corrected chi connectivity index (χ2v) is 7.80. The summed E-state index contributed by atoms with van der Waals surface area (Å²) in [5.74, 6) is 1.92. The molecule has 29 heavy (non-hydrogen) atoms. The Labute approximate surface area is 171 Å². The van der Waals surface area contributed by atoms with Crippen LogP contribution in [-0.2, 0) is 6.54 Å². The lowest BCUT2D eigenvalue weighted by Gasteiger charge is -2.33. The van der Waals surface area contributed by atoms with Crippen molar-refractivity contribution in [3.8, 4) is 11.5 Å². The molecule has 1 amide bonds. The molecule has 154 valence electrons. The van der Waals surface area contributed by atoms with Crippen molar-refractivity contribution in [1.82, 2.24) is 9.80 Å². The van der Waals surface area contributed by atoms with Gasteiger partial charge in [0, 0.05) is 25.2 Å². The Balaban J connectivity index is 1.20. The smallest absolute Gasteiger partial charge is 0.254 e. The number of fused-ring (bicyclic) bond motifs is 1. The summed E-state index contributed by atoms with van der Waals surface area (Å²) < 4.78 is 23.9. The van der Waals surface area contributed by atoms with Gasteiger partial charge in [0.1, 0.15) is 23.9 Å². The fourth-order valence-electron chi connectivity index (χ4n) is 4.16. The van der Waals surface area contributed by atoms with E-state index in [0.29, 0.717) is 24.8 Å². The summed E-state index contributed by atoms with van der Waals surface area (Å²) in [5.41, 5.74) is 1.87. The number of hydrogen-bond acceptors (Lipinski definition) is 4. The van der Waals surface area contributed by atoms with E-state index in [9.17, 15) is 9.18 Å². The minimum atomic E-state index is -0.252. The molecule has 0 unspecified atom stereocenters. The van der Waals surface area contributed by atoms with Crippen molar-refractivity contribution in [3.05, 3.63) is 59.4 Å². The molecule has 2 aromatic rings. The van der Waals surface area contributed by atoms with Crippen LogP contribution in [-0.4, -0.2) is 55.6 Å². The lowest BCUT2D eigenvalue weighted by atomic mass is 9.96. The molecule has 0 aliphatic carbocycles. The molecule has 0 atom stereocenters. The molecule has 0 aromatic heterocycles. The monoisotopic (exact) mass is 398 g/mol. The molecule has 1 fully saturated rings. The fraction of sp³-hybridized carbons (Fsp3) is 0.435. The van der Waals surface area contributed by atoms with Crippen molar-refractivity contribution in [2.24, 2.45) is 5.92 Å². The zero-order chi connectivity index (χ0) is 20.2. The van der Waals surface area contributed by atoms with Gasteiger partial charge in [0.15, 0.2) is 0 Å². The highest BCUT2D eigenvalue weighted by molar-refractivity contribution is 5.98. The molecule has 2 aliphatic rings. The van der Waals surface area contributed by atoms with Crippen LogP contribution in [0.25, 0.3) is 0 Å². The molecule has 0 N–H and O–H groups in total. The molecule has 6 heteroatoms. The zero-order valence-corrected chi connectivity index (χ0v) is 16.8. The molecule has 2 heterocycles. The lowest BCUT2D eigenvalue weighted by molar-refractivity contribution is 0.0708. The van der Waals surface area contributed by atoms with Crippen LogP contribution in [0.3, 0.4) is 0 Å². The van der Waals surface area contributed by atoms with Crippen molar-refractivity contribution >= 4 is 5.91 Å². The van der Waals surface area contributed by atoms with Gasteiger partial charge in [-0.1, -0.05) is 0 Å². The van der Waals surface area contributed by atoms with E-state index < -0.39 is 0 Å². The van der Waals surface area contributed by atoms with Crippen LogP contribution in [0, 0.1) is 11.7 Å². The molecule has 0 radical (unpaired) electrons. The average molecular weight is 398 g/mol. The molecule has 1 saturated heterocycles. The van der Waals surface area contributed by atoms with Gasteiger partial charge in [-0.05, 0) is 79.9 Å². The van der Waals surface area contributed by atoms with Gasteiger partial charge in [-0.3, -0.25) is 9.69 Å². The minimum Gasteiger partial charge on any atom is -0.497 e. The molecule has 0 saturated carbocycles. The van der Waals surface area contributed by atoms with E-state index in [4.69, 9.17) is 9.47 Å². The molecule has 5 nitrogen and oxygen atoms in total. The molecular weight excluding hydrogens is 371 g/mol. The average Bonchev–Trinajstić information content (AvgIpc) is 3.05. The summed E-state index contributed by atoms with van der Waals surface area (Å²) in [6.45, 7) is 4.98. The zero-order valence-electron chi connectivity index (χ0n) is 16.8. The van der Waals surface area contributed by atoms with Gasteiger partial charge in [-0.15, -0.1) is 0 Å². The first kappa shape index (κ1) is 19.7. The van der Waals surface area contributed by atoms with Crippen LogP contribution < -0.4 is 9.47 Å². The van der Waals surface area contributed by atoms with E-state index in [1.807, 2.05) is 23.1 Å². The Hall–Kier alpha value is -2.60. The fourth-order valence-corrected chi connectivity index (χ4v) is 4.16. The quantitative estimate of drug-likeness (QED) is 0.715. The molecule has 4 rings (SSSR count). The number of likely N-dealkylation sites (tertiary alicyclic amines) is 1. The van der Waals surface area contributed by atoms with Gasteiger partial charge in [0.25, 0.3) is 5.91 Å². The predicted octanol–water partition coefficient (Wildman–Crippen LogP) is 3.58. The number of hydrogen-bond donors (Lipinski definition) is 0. The molecule has 2 aromatic carbocycles. The van der Waals surface area contributed by atoms with E-state index in [2.05, 4.69) is 4.90 Å². The van der Waals surface area contributed by atoms with Crippen LogP contribution in [0.2, 0.25) is 0 Å². The third-order valence-corrected chi connectivity index (χ3v) is 5.87. The van der Waals surface area contributed by atoms with E-state index >= 15 is 0 Å². The maximum Gasteiger partial charge on any atom is 0.254 e. The molecular formula is C23H27FN2O3. The SMILES string of the molecule is COc1ccc2c(c1)CN(CC1CCN(CCOc3ccc(F)cc3)CC1)C2=O. The number of amides is 1. The van der Waals surface area contributed by atoms with Gasteiger partial charge in [-0.2, -0.15) is 0 Å². The highest BCUT2D eigenvalue weighted by Gasteiger charge is 2.30. The summed E-state index contributed by atoms with van der Waals surface area (Å²) in [4.78, 5) is 17.0. The summed E-state index contributed by atoms with van der Waals surface area (Å²) in [6.07, 6.45) is 2.17. The summed E-state index contributed by atoms with van der Waals surface area (Å²) in [7, 11) is 1.65. The normalized spacial score (nSPS) is 17.4. The van der Waals surface area contributed by atoms with Gasteiger partial charge in [-0.25, -0.2) is 4.39 Å². The first-order chi connectivity index (χ1) is 14.1. The number of benzene rings is 2. The largest absolute Gasteiger partial charge is 0.497 e. The van der Waals surface area contributed by atoms with Gasteiger partial charge in [0.05, 0.1) is 7.11 Å². The van der Waals surface area contributed by atoms with Crippen LogP contribution in [0.4, 0.5) is 4.39 Å². The van der Waals surface area contributed by atoms with E-state index in [-0.39, 0.29) is 11.7 Å². The van der Waals surface area contributed by atoms with Crippen molar-refractivity contribution in [1.29, 1.82) is 0 Å². The predicted molar refractivity (Wildman–Crippen MR) is 109 cm³/mol. The third-order valence-electron chi connectivity index (χ3n) is 5.87. The number of carbonyl (C=O) groups excluding carboxylic acids is 1. The number of piperidine rings is 1. The van der Waals surface area contributed by atoms with Crippen molar-refractivity contribution in [2.75, 3.05) is 39.9 Å². The highest BCUT2D eigenvalue weighted by atomic mass is 19.1. The first-order valence-corrected chi connectivity index (χ1v) is 10.2. The van der Waals surface area contributed by atoms with Crippen LogP contribution in [0.15, 0.2) is 42.5 Å². The number of carbonyl (C=O) groups is 1. The van der Waals surface area contributed by atoms with Crippen LogP contribution >= 0.6 is 0 Å². The Morgan fingerprint density at radius 3 is 2.52 bits per heavy atom. The Morgan fingerprint density at radius 1 is 1.07 bits per heavy atom. The van der Waals surface area contributed by atoms with E-state index in [1.165, 1.54) is 12.1 Å². The maximum absolute atomic E-state index is 12.9. The number of halogens is 1.